The first kappa shape index (κ1) is 18.5. The van der Waals surface area contributed by atoms with Gasteiger partial charge in [-0.25, -0.2) is 4.98 Å². The molecule has 3 aromatic rings. The summed E-state index contributed by atoms with van der Waals surface area (Å²) in [5, 5.41) is 3.43. The average Bonchev–Trinajstić information content (AvgIpc) is 2.60. The lowest BCUT2D eigenvalue weighted by atomic mass is 10.2. The molecular weight excluding hydrogens is 361 g/mol. The zero-order valence-corrected chi connectivity index (χ0v) is 14.2. The highest BCUT2D eigenvalue weighted by Gasteiger charge is 2.30. The number of fused-ring (bicyclic) bond motifs is 1. The minimum Gasteiger partial charge on any atom is -0.481 e. The van der Waals surface area contributed by atoms with Crippen molar-refractivity contribution in [2.45, 2.75) is 13.3 Å². The van der Waals surface area contributed by atoms with Crippen LogP contribution in [-0.2, 0) is 4.79 Å². The molecule has 1 aromatic heterocycles. The number of aryl methyl sites for hydroxylation is 1. The molecule has 0 fully saturated rings. The maximum atomic E-state index is 12.1. The Hall–Kier alpha value is -3.29. The number of amides is 1. The number of ether oxygens (including phenoxy) is 2. The Labute approximate surface area is 152 Å². The summed E-state index contributed by atoms with van der Waals surface area (Å²) >= 11 is 0. The third-order valence-corrected chi connectivity index (χ3v) is 3.55. The largest absolute Gasteiger partial charge is 0.573 e. The predicted molar refractivity (Wildman–Crippen MR) is 93.7 cm³/mol. The number of nitrogens with zero attached hydrogens (tertiary/aromatic N) is 1. The zero-order valence-electron chi connectivity index (χ0n) is 14.2. The maximum absolute atomic E-state index is 12.1. The molecule has 0 saturated carbocycles. The van der Waals surface area contributed by atoms with Crippen LogP contribution in [0, 0.1) is 6.92 Å². The number of para-hydroxylation sites is 1. The van der Waals surface area contributed by atoms with Gasteiger partial charge in [-0.1, -0.05) is 18.2 Å². The van der Waals surface area contributed by atoms with Crippen LogP contribution in [0.15, 0.2) is 54.6 Å². The van der Waals surface area contributed by atoms with Crippen molar-refractivity contribution in [1.82, 2.24) is 4.98 Å². The first-order valence-corrected chi connectivity index (χ1v) is 7.95. The van der Waals surface area contributed by atoms with E-state index in [9.17, 15) is 18.0 Å². The lowest BCUT2D eigenvalue weighted by molar-refractivity contribution is -0.274. The van der Waals surface area contributed by atoms with Crippen molar-refractivity contribution >= 4 is 22.5 Å². The van der Waals surface area contributed by atoms with Gasteiger partial charge in [0.25, 0.3) is 5.91 Å². The number of carbonyl (C=O) groups is 1. The lowest BCUT2D eigenvalue weighted by Gasteiger charge is -2.11. The monoisotopic (exact) mass is 376 g/mol. The highest BCUT2D eigenvalue weighted by atomic mass is 19.4. The number of hydrogen-bond acceptors (Lipinski definition) is 4. The molecule has 1 amide bonds. The predicted octanol–water partition coefficient (Wildman–Crippen LogP) is 4.46. The normalized spacial score (nSPS) is 11.3. The molecule has 0 aliphatic rings. The van der Waals surface area contributed by atoms with Gasteiger partial charge in [0, 0.05) is 16.8 Å². The Bertz CT molecular complexity index is 957. The van der Waals surface area contributed by atoms with Gasteiger partial charge in [-0.15, -0.1) is 13.2 Å². The summed E-state index contributed by atoms with van der Waals surface area (Å²) in [6, 6.07) is 14.0. The van der Waals surface area contributed by atoms with Crippen LogP contribution in [0.5, 0.6) is 11.5 Å². The van der Waals surface area contributed by atoms with Crippen LogP contribution in [0.3, 0.4) is 0 Å². The van der Waals surface area contributed by atoms with E-state index in [-0.39, 0.29) is 12.4 Å². The number of carbonyl (C=O) groups excluding carboxylic acids is 1. The van der Waals surface area contributed by atoms with E-state index in [1.165, 1.54) is 12.1 Å². The Morgan fingerprint density at radius 2 is 1.81 bits per heavy atom. The quantitative estimate of drug-likeness (QED) is 0.714. The number of alkyl halides is 3. The number of benzene rings is 2. The van der Waals surface area contributed by atoms with E-state index in [0.29, 0.717) is 17.0 Å². The molecule has 0 saturated heterocycles. The summed E-state index contributed by atoms with van der Waals surface area (Å²) < 4.78 is 45.7. The van der Waals surface area contributed by atoms with Gasteiger partial charge in [0.2, 0.25) is 0 Å². The molecule has 0 radical (unpaired) electrons. The molecule has 0 atom stereocenters. The molecule has 1 N–H and O–H groups in total. The van der Waals surface area contributed by atoms with Crippen molar-refractivity contribution in [1.29, 1.82) is 0 Å². The van der Waals surface area contributed by atoms with Crippen LogP contribution in [0.25, 0.3) is 10.9 Å². The third-order valence-electron chi connectivity index (χ3n) is 3.55. The number of nitrogens with one attached hydrogen (secondary N) is 1. The van der Waals surface area contributed by atoms with Gasteiger partial charge < -0.3 is 14.8 Å². The van der Waals surface area contributed by atoms with Gasteiger partial charge in [-0.05, 0) is 43.3 Å². The SMILES string of the molecule is Cc1ccc2cccc(OCC(=O)Nc3ccc(OC(F)(F)F)cc3)c2n1. The van der Waals surface area contributed by atoms with E-state index in [4.69, 9.17) is 4.74 Å². The van der Waals surface area contributed by atoms with Crippen molar-refractivity contribution in [2.75, 3.05) is 11.9 Å². The number of hydrogen-bond donors (Lipinski definition) is 1. The molecule has 1 heterocycles. The molecule has 5 nitrogen and oxygen atoms in total. The van der Waals surface area contributed by atoms with Gasteiger partial charge in [-0.2, -0.15) is 0 Å². The summed E-state index contributed by atoms with van der Waals surface area (Å²) in [4.78, 5) is 16.4. The molecule has 0 aliphatic heterocycles. The van der Waals surface area contributed by atoms with Gasteiger partial charge in [0.05, 0.1) is 0 Å². The topological polar surface area (TPSA) is 60.5 Å². The van der Waals surface area contributed by atoms with Crippen LogP contribution in [-0.4, -0.2) is 23.9 Å². The van der Waals surface area contributed by atoms with Crippen LogP contribution in [0.4, 0.5) is 18.9 Å². The van der Waals surface area contributed by atoms with E-state index in [1.807, 2.05) is 25.1 Å². The van der Waals surface area contributed by atoms with E-state index in [1.54, 1.807) is 12.1 Å². The smallest absolute Gasteiger partial charge is 0.481 e. The summed E-state index contributed by atoms with van der Waals surface area (Å²) in [6.07, 6.45) is -4.76. The van der Waals surface area contributed by atoms with Crippen molar-refractivity contribution in [3.05, 3.63) is 60.3 Å². The van der Waals surface area contributed by atoms with Crippen LogP contribution < -0.4 is 14.8 Å². The Balaban J connectivity index is 1.61. The fraction of sp³-hybridized carbons (Fsp3) is 0.158. The Kier molecular flexibility index (Phi) is 5.16. The van der Waals surface area contributed by atoms with Crippen LogP contribution in [0.2, 0.25) is 0 Å². The fourth-order valence-electron chi connectivity index (χ4n) is 2.41. The van der Waals surface area contributed by atoms with E-state index in [2.05, 4.69) is 15.0 Å². The average molecular weight is 376 g/mol. The number of halogens is 3. The lowest BCUT2D eigenvalue weighted by Crippen LogP contribution is -2.20. The summed E-state index contributed by atoms with van der Waals surface area (Å²) in [5.74, 6) is -0.349. The molecule has 8 heteroatoms. The number of rotatable bonds is 5. The highest BCUT2D eigenvalue weighted by Crippen LogP contribution is 2.25. The zero-order chi connectivity index (χ0) is 19.4. The van der Waals surface area contributed by atoms with Crippen molar-refractivity contribution in [3.63, 3.8) is 0 Å². The number of pyridine rings is 1. The van der Waals surface area contributed by atoms with E-state index in [0.717, 1.165) is 23.2 Å². The summed E-state index contributed by atoms with van der Waals surface area (Å²) in [5.41, 5.74) is 1.80. The van der Waals surface area contributed by atoms with Gasteiger partial charge in [-0.3, -0.25) is 4.79 Å². The molecular formula is C19H15F3N2O3. The van der Waals surface area contributed by atoms with Crippen LogP contribution >= 0.6 is 0 Å². The minimum atomic E-state index is -4.76. The molecule has 27 heavy (non-hydrogen) atoms. The molecule has 2 aromatic carbocycles. The van der Waals surface area contributed by atoms with E-state index >= 15 is 0 Å². The third kappa shape index (κ3) is 5.10. The molecule has 0 spiro atoms. The number of aromatic nitrogens is 1. The standard InChI is InChI=1S/C19H15F3N2O3/c1-12-5-6-13-3-2-4-16(18(13)23-12)26-11-17(25)24-14-7-9-15(10-8-14)27-19(20,21)22/h2-10H,11H2,1H3,(H,24,25). The molecule has 0 aliphatic carbocycles. The van der Waals surface area contributed by atoms with Gasteiger partial charge in [0.15, 0.2) is 6.61 Å². The van der Waals surface area contributed by atoms with Crippen LogP contribution in [0.1, 0.15) is 5.69 Å². The van der Waals surface area contributed by atoms with Gasteiger partial charge >= 0.3 is 6.36 Å². The maximum Gasteiger partial charge on any atom is 0.573 e. The second kappa shape index (κ2) is 7.53. The van der Waals surface area contributed by atoms with E-state index < -0.39 is 12.3 Å². The van der Waals surface area contributed by atoms with Crippen molar-refractivity contribution < 1.29 is 27.4 Å². The minimum absolute atomic E-state index is 0.268. The number of anilines is 1. The Morgan fingerprint density at radius 1 is 1.07 bits per heavy atom. The second-order valence-electron chi connectivity index (χ2n) is 5.69. The first-order chi connectivity index (χ1) is 12.8. The second-order valence-corrected chi connectivity index (χ2v) is 5.69. The summed E-state index contributed by atoms with van der Waals surface area (Å²) in [7, 11) is 0. The molecule has 140 valence electrons. The van der Waals surface area contributed by atoms with Crippen molar-refractivity contribution in [3.8, 4) is 11.5 Å². The summed E-state index contributed by atoms with van der Waals surface area (Å²) in [6.45, 7) is 1.59. The van der Waals surface area contributed by atoms with Crippen molar-refractivity contribution in [2.24, 2.45) is 0 Å². The molecule has 0 bridgehead atoms. The first-order valence-electron chi connectivity index (χ1n) is 7.95. The highest BCUT2D eigenvalue weighted by molar-refractivity contribution is 5.92. The van der Waals surface area contributed by atoms with Gasteiger partial charge in [0.1, 0.15) is 17.0 Å². The molecule has 3 rings (SSSR count). The molecule has 0 unspecified atom stereocenters. The Morgan fingerprint density at radius 3 is 2.52 bits per heavy atom. The fourth-order valence-corrected chi connectivity index (χ4v) is 2.41.